The third-order valence-corrected chi connectivity index (χ3v) is 7.34. The summed E-state index contributed by atoms with van der Waals surface area (Å²) in [7, 11) is -3.45. The zero-order valence-corrected chi connectivity index (χ0v) is 19.4. The maximum absolute atomic E-state index is 12.6. The third kappa shape index (κ3) is 5.40. The van der Waals surface area contributed by atoms with Crippen LogP contribution in [-0.4, -0.2) is 48.6 Å². The summed E-state index contributed by atoms with van der Waals surface area (Å²) in [5.41, 5.74) is 2.32. The standard InChI is InChI=1S/C23H25N3O4S2/c1-32(28,29)21-12-6-5-11-19(21)25-22(27)16-31-23-24-14-20(17-8-3-2-4-9-17)26(23)15-18-10-7-13-30-18/h2-6,8-9,11-12,14,18H,7,10,13,15-16H2,1H3,(H,25,27). The van der Waals surface area contributed by atoms with E-state index in [0.717, 1.165) is 42.1 Å². The molecule has 1 aromatic heterocycles. The molecular weight excluding hydrogens is 446 g/mol. The maximum Gasteiger partial charge on any atom is 0.234 e. The summed E-state index contributed by atoms with van der Waals surface area (Å²) in [6, 6.07) is 16.4. The zero-order valence-electron chi connectivity index (χ0n) is 17.7. The first-order valence-corrected chi connectivity index (χ1v) is 13.2. The third-order valence-electron chi connectivity index (χ3n) is 5.19. The van der Waals surface area contributed by atoms with Gasteiger partial charge in [0, 0.05) is 12.9 Å². The quantitative estimate of drug-likeness (QED) is 0.502. The largest absolute Gasteiger partial charge is 0.376 e. The van der Waals surface area contributed by atoms with Crippen molar-refractivity contribution < 1.29 is 17.9 Å². The van der Waals surface area contributed by atoms with Gasteiger partial charge in [-0.25, -0.2) is 13.4 Å². The predicted molar refractivity (Wildman–Crippen MR) is 126 cm³/mol. The molecule has 1 amide bonds. The number of carbonyl (C=O) groups excluding carboxylic acids is 1. The van der Waals surface area contributed by atoms with Gasteiger partial charge in [-0.05, 0) is 30.5 Å². The van der Waals surface area contributed by atoms with Crippen molar-refractivity contribution in [3.63, 3.8) is 0 Å². The van der Waals surface area contributed by atoms with Crippen LogP contribution >= 0.6 is 11.8 Å². The Hall–Kier alpha value is -2.62. The van der Waals surface area contributed by atoms with Gasteiger partial charge in [0.1, 0.15) is 0 Å². The molecule has 0 bridgehead atoms. The molecule has 1 N–H and O–H groups in total. The second-order valence-electron chi connectivity index (χ2n) is 7.64. The SMILES string of the molecule is CS(=O)(=O)c1ccccc1NC(=O)CSc1ncc(-c2ccccc2)n1CC1CCCO1. The molecule has 168 valence electrons. The first-order chi connectivity index (χ1) is 15.4. The number of anilines is 1. The van der Waals surface area contributed by atoms with Crippen molar-refractivity contribution in [3.8, 4) is 11.3 Å². The van der Waals surface area contributed by atoms with Gasteiger partial charge in [-0.2, -0.15) is 0 Å². The van der Waals surface area contributed by atoms with E-state index in [1.165, 1.54) is 17.8 Å². The highest BCUT2D eigenvalue weighted by Gasteiger charge is 2.21. The molecule has 1 atom stereocenters. The van der Waals surface area contributed by atoms with Crippen LogP contribution in [0.5, 0.6) is 0 Å². The van der Waals surface area contributed by atoms with Crippen molar-refractivity contribution >= 4 is 33.2 Å². The highest BCUT2D eigenvalue weighted by Crippen LogP contribution is 2.29. The van der Waals surface area contributed by atoms with E-state index in [4.69, 9.17) is 4.74 Å². The number of carbonyl (C=O) groups is 1. The lowest BCUT2D eigenvalue weighted by Gasteiger charge is -2.16. The number of nitrogens with zero attached hydrogens (tertiary/aromatic N) is 2. The van der Waals surface area contributed by atoms with E-state index < -0.39 is 9.84 Å². The smallest absolute Gasteiger partial charge is 0.234 e. The molecule has 4 rings (SSSR count). The Labute approximate surface area is 192 Å². The Balaban J connectivity index is 1.51. The van der Waals surface area contributed by atoms with Crippen molar-refractivity contribution in [1.29, 1.82) is 0 Å². The molecule has 9 heteroatoms. The first kappa shape index (κ1) is 22.6. The van der Waals surface area contributed by atoms with Gasteiger partial charge in [0.25, 0.3) is 0 Å². The van der Waals surface area contributed by atoms with Crippen molar-refractivity contribution in [3.05, 3.63) is 60.8 Å². The number of hydrogen-bond acceptors (Lipinski definition) is 6. The van der Waals surface area contributed by atoms with E-state index in [2.05, 4.69) is 14.9 Å². The molecule has 1 fully saturated rings. The van der Waals surface area contributed by atoms with Crippen LogP contribution < -0.4 is 5.32 Å². The Kier molecular flexibility index (Phi) is 6.98. The molecule has 7 nitrogen and oxygen atoms in total. The fourth-order valence-electron chi connectivity index (χ4n) is 3.69. The topological polar surface area (TPSA) is 90.3 Å². The molecule has 32 heavy (non-hydrogen) atoms. The van der Waals surface area contributed by atoms with Crippen molar-refractivity contribution in [2.45, 2.75) is 35.5 Å². The minimum absolute atomic E-state index is 0.101. The summed E-state index contributed by atoms with van der Waals surface area (Å²) in [6.45, 7) is 1.44. The van der Waals surface area contributed by atoms with E-state index in [0.29, 0.717) is 6.54 Å². The molecule has 1 aliphatic rings. The summed E-state index contributed by atoms with van der Waals surface area (Å²) >= 11 is 1.32. The van der Waals surface area contributed by atoms with Gasteiger partial charge >= 0.3 is 0 Å². The summed E-state index contributed by atoms with van der Waals surface area (Å²) in [6.07, 6.45) is 5.12. The van der Waals surface area contributed by atoms with Crippen LogP contribution in [0.3, 0.4) is 0 Å². The molecule has 0 saturated carbocycles. The molecule has 2 heterocycles. The Morgan fingerprint density at radius 1 is 1.19 bits per heavy atom. The number of imidazole rings is 1. The van der Waals surface area contributed by atoms with Crippen LogP contribution in [0.2, 0.25) is 0 Å². The molecule has 0 spiro atoms. The average Bonchev–Trinajstić information content (AvgIpc) is 3.43. The molecule has 1 aliphatic heterocycles. The molecule has 0 aliphatic carbocycles. The van der Waals surface area contributed by atoms with Crippen LogP contribution in [0.4, 0.5) is 5.69 Å². The van der Waals surface area contributed by atoms with E-state index in [-0.39, 0.29) is 28.3 Å². The lowest BCUT2D eigenvalue weighted by atomic mass is 10.1. The normalized spacial score (nSPS) is 16.2. The first-order valence-electron chi connectivity index (χ1n) is 10.4. The Bertz CT molecular complexity index is 1190. The van der Waals surface area contributed by atoms with E-state index in [1.807, 2.05) is 36.5 Å². The Morgan fingerprint density at radius 3 is 2.66 bits per heavy atom. The second-order valence-corrected chi connectivity index (χ2v) is 10.6. The lowest BCUT2D eigenvalue weighted by Crippen LogP contribution is -2.18. The van der Waals surface area contributed by atoms with Gasteiger partial charge in [0.2, 0.25) is 5.91 Å². The highest BCUT2D eigenvalue weighted by atomic mass is 32.2. The number of aromatic nitrogens is 2. The summed E-state index contributed by atoms with van der Waals surface area (Å²) < 4.78 is 31.9. The molecular formula is C23H25N3O4S2. The second kappa shape index (κ2) is 9.89. The number of thioether (sulfide) groups is 1. The van der Waals surface area contributed by atoms with Gasteiger partial charge in [-0.3, -0.25) is 4.79 Å². The Morgan fingerprint density at radius 2 is 1.94 bits per heavy atom. The molecule has 2 aromatic carbocycles. The molecule has 0 radical (unpaired) electrons. The summed E-state index contributed by atoms with van der Waals surface area (Å²) in [5, 5.41) is 3.45. The van der Waals surface area contributed by atoms with Gasteiger partial charge in [0.05, 0.1) is 40.9 Å². The number of benzene rings is 2. The van der Waals surface area contributed by atoms with E-state index in [9.17, 15) is 13.2 Å². The van der Waals surface area contributed by atoms with E-state index >= 15 is 0 Å². The van der Waals surface area contributed by atoms with Crippen LogP contribution in [0, 0.1) is 0 Å². The van der Waals surface area contributed by atoms with Gasteiger partial charge < -0.3 is 14.6 Å². The number of amides is 1. The maximum atomic E-state index is 12.6. The fraction of sp³-hybridized carbons (Fsp3) is 0.304. The van der Waals surface area contributed by atoms with Crippen molar-refractivity contribution in [1.82, 2.24) is 9.55 Å². The van der Waals surface area contributed by atoms with Gasteiger partial charge in [-0.15, -0.1) is 0 Å². The fourth-order valence-corrected chi connectivity index (χ4v) is 5.32. The predicted octanol–water partition coefficient (Wildman–Crippen LogP) is 3.86. The van der Waals surface area contributed by atoms with Crippen LogP contribution in [0.1, 0.15) is 12.8 Å². The molecule has 3 aromatic rings. The number of sulfone groups is 1. The van der Waals surface area contributed by atoms with E-state index in [1.54, 1.807) is 18.2 Å². The molecule has 1 unspecified atom stereocenters. The highest BCUT2D eigenvalue weighted by molar-refractivity contribution is 7.99. The number of rotatable bonds is 8. The minimum atomic E-state index is -3.45. The van der Waals surface area contributed by atoms with Crippen molar-refractivity contribution in [2.75, 3.05) is 23.9 Å². The minimum Gasteiger partial charge on any atom is -0.376 e. The molecule has 1 saturated heterocycles. The van der Waals surface area contributed by atoms with Gasteiger partial charge in [0.15, 0.2) is 15.0 Å². The number of ether oxygens (including phenoxy) is 1. The summed E-state index contributed by atoms with van der Waals surface area (Å²) in [5.74, 6) is -0.187. The number of hydrogen-bond donors (Lipinski definition) is 1. The van der Waals surface area contributed by atoms with Crippen LogP contribution in [0.15, 0.2) is 70.8 Å². The zero-order chi connectivity index (χ0) is 22.6. The number of para-hydroxylation sites is 1. The van der Waals surface area contributed by atoms with Crippen LogP contribution in [0.25, 0.3) is 11.3 Å². The van der Waals surface area contributed by atoms with Crippen LogP contribution in [-0.2, 0) is 25.9 Å². The number of nitrogens with one attached hydrogen (secondary N) is 1. The summed E-state index contributed by atoms with van der Waals surface area (Å²) in [4.78, 5) is 17.3. The monoisotopic (exact) mass is 471 g/mol. The van der Waals surface area contributed by atoms with Crippen molar-refractivity contribution in [2.24, 2.45) is 0 Å². The van der Waals surface area contributed by atoms with Gasteiger partial charge in [-0.1, -0.05) is 54.2 Å². The lowest BCUT2D eigenvalue weighted by molar-refractivity contribution is -0.113. The average molecular weight is 472 g/mol.